The molecule has 2 heterocycles. The third-order valence-electron chi connectivity index (χ3n) is 4.95. The fourth-order valence-corrected chi connectivity index (χ4v) is 4.35. The Labute approximate surface area is 170 Å². The van der Waals surface area contributed by atoms with Gasteiger partial charge in [0.25, 0.3) is 5.91 Å². The maximum atomic E-state index is 13.4. The minimum absolute atomic E-state index is 0.160. The molecule has 3 rings (SSSR count). The first kappa shape index (κ1) is 20.6. The van der Waals surface area contributed by atoms with E-state index in [0.29, 0.717) is 12.1 Å². The van der Waals surface area contributed by atoms with Crippen LogP contribution in [0.2, 0.25) is 0 Å². The second-order valence-corrected chi connectivity index (χ2v) is 8.38. The summed E-state index contributed by atoms with van der Waals surface area (Å²) < 4.78 is 13.4. The van der Waals surface area contributed by atoms with Crippen molar-refractivity contribution in [3.8, 4) is 0 Å². The van der Waals surface area contributed by atoms with Crippen molar-refractivity contribution in [3.63, 3.8) is 0 Å². The lowest BCUT2D eigenvalue weighted by atomic mass is 10.1. The van der Waals surface area contributed by atoms with E-state index >= 15 is 0 Å². The van der Waals surface area contributed by atoms with Crippen molar-refractivity contribution in [2.24, 2.45) is 0 Å². The SMILES string of the molecule is CCSc1nc(N2CCCCCC2)cc(C)c1C(=O)NCc1cccc(F)c1. The van der Waals surface area contributed by atoms with E-state index in [9.17, 15) is 9.18 Å². The summed E-state index contributed by atoms with van der Waals surface area (Å²) in [5.41, 5.74) is 2.30. The summed E-state index contributed by atoms with van der Waals surface area (Å²) in [5.74, 6) is 1.36. The van der Waals surface area contributed by atoms with Crippen molar-refractivity contribution in [1.82, 2.24) is 10.3 Å². The highest BCUT2D eigenvalue weighted by atomic mass is 32.2. The second-order valence-electron chi connectivity index (χ2n) is 7.12. The van der Waals surface area contributed by atoms with E-state index in [2.05, 4.69) is 17.1 Å². The van der Waals surface area contributed by atoms with Crippen molar-refractivity contribution < 1.29 is 9.18 Å². The Bertz CT molecular complexity index is 819. The lowest BCUT2D eigenvalue weighted by molar-refractivity contribution is 0.0946. The summed E-state index contributed by atoms with van der Waals surface area (Å²) in [6, 6.07) is 8.32. The number of thioether (sulfide) groups is 1. The molecule has 28 heavy (non-hydrogen) atoms. The van der Waals surface area contributed by atoms with Crippen molar-refractivity contribution in [1.29, 1.82) is 0 Å². The average molecular weight is 402 g/mol. The van der Waals surface area contributed by atoms with Gasteiger partial charge in [0.05, 0.1) is 5.56 Å². The van der Waals surface area contributed by atoms with Crippen LogP contribution in [0.4, 0.5) is 10.2 Å². The number of aryl methyl sites for hydroxylation is 1. The minimum Gasteiger partial charge on any atom is -0.357 e. The number of anilines is 1. The molecule has 1 aromatic carbocycles. The Morgan fingerprint density at radius 2 is 1.96 bits per heavy atom. The molecule has 0 spiro atoms. The summed E-state index contributed by atoms with van der Waals surface area (Å²) in [4.78, 5) is 20.1. The van der Waals surface area contributed by atoms with Gasteiger partial charge in [-0.25, -0.2) is 9.37 Å². The zero-order chi connectivity index (χ0) is 19.9. The van der Waals surface area contributed by atoms with Crippen LogP contribution >= 0.6 is 11.8 Å². The highest BCUT2D eigenvalue weighted by Crippen LogP contribution is 2.28. The van der Waals surface area contributed by atoms with Crippen LogP contribution in [0.5, 0.6) is 0 Å². The number of aromatic nitrogens is 1. The number of hydrogen-bond acceptors (Lipinski definition) is 4. The lowest BCUT2D eigenvalue weighted by Gasteiger charge is -2.23. The van der Waals surface area contributed by atoms with Gasteiger partial charge in [-0.05, 0) is 54.8 Å². The predicted octanol–water partition coefficient (Wildman–Crippen LogP) is 4.95. The van der Waals surface area contributed by atoms with Gasteiger partial charge >= 0.3 is 0 Å². The van der Waals surface area contributed by atoms with E-state index < -0.39 is 0 Å². The van der Waals surface area contributed by atoms with E-state index in [1.807, 2.05) is 13.0 Å². The van der Waals surface area contributed by atoms with Gasteiger partial charge in [-0.15, -0.1) is 11.8 Å². The molecule has 0 radical (unpaired) electrons. The van der Waals surface area contributed by atoms with Gasteiger partial charge in [-0.3, -0.25) is 4.79 Å². The number of pyridine rings is 1. The van der Waals surface area contributed by atoms with Gasteiger partial charge in [0, 0.05) is 19.6 Å². The molecule has 1 aliphatic rings. The molecule has 0 atom stereocenters. The summed E-state index contributed by atoms with van der Waals surface area (Å²) in [5, 5.41) is 3.69. The Morgan fingerprint density at radius 1 is 1.21 bits per heavy atom. The van der Waals surface area contributed by atoms with Crippen LogP contribution in [0, 0.1) is 12.7 Å². The highest BCUT2D eigenvalue weighted by molar-refractivity contribution is 7.99. The number of hydrogen-bond donors (Lipinski definition) is 1. The molecular formula is C22H28FN3OS. The van der Waals surface area contributed by atoms with Crippen LogP contribution in [0.1, 0.15) is 54.1 Å². The van der Waals surface area contributed by atoms with Crippen LogP contribution in [-0.4, -0.2) is 29.7 Å². The molecule has 0 bridgehead atoms. The normalized spacial score (nSPS) is 14.6. The van der Waals surface area contributed by atoms with E-state index in [4.69, 9.17) is 4.98 Å². The molecule has 1 fully saturated rings. The van der Waals surface area contributed by atoms with Crippen molar-refractivity contribution in [2.45, 2.75) is 51.1 Å². The van der Waals surface area contributed by atoms with Crippen molar-refractivity contribution in [2.75, 3.05) is 23.7 Å². The molecule has 1 aromatic heterocycles. The largest absolute Gasteiger partial charge is 0.357 e. The number of halogens is 1. The van der Waals surface area contributed by atoms with Gasteiger partial charge in [-0.1, -0.05) is 31.9 Å². The predicted molar refractivity (Wildman–Crippen MR) is 114 cm³/mol. The fourth-order valence-electron chi connectivity index (χ4n) is 3.52. The smallest absolute Gasteiger partial charge is 0.254 e. The summed E-state index contributed by atoms with van der Waals surface area (Å²) in [7, 11) is 0. The second kappa shape index (κ2) is 9.92. The van der Waals surface area contributed by atoms with Crippen LogP contribution in [-0.2, 0) is 6.54 Å². The number of rotatable bonds is 6. The van der Waals surface area contributed by atoms with E-state index in [1.54, 1.807) is 23.9 Å². The first-order chi connectivity index (χ1) is 13.6. The molecule has 2 aromatic rings. The van der Waals surface area contributed by atoms with Gasteiger partial charge in [0.15, 0.2) is 0 Å². The van der Waals surface area contributed by atoms with E-state index in [0.717, 1.165) is 40.8 Å². The summed E-state index contributed by atoms with van der Waals surface area (Å²) in [6.45, 7) is 6.37. The zero-order valence-corrected chi connectivity index (χ0v) is 17.4. The molecule has 1 saturated heterocycles. The summed E-state index contributed by atoms with van der Waals surface area (Å²) in [6.07, 6.45) is 4.92. The molecule has 1 N–H and O–H groups in total. The molecule has 150 valence electrons. The first-order valence-corrected chi connectivity index (χ1v) is 11.0. The molecular weight excluding hydrogens is 373 g/mol. The Morgan fingerprint density at radius 3 is 2.64 bits per heavy atom. The zero-order valence-electron chi connectivity index (χ0n) is 16.6. The summed E-state index contributed by atoms with van der Waals surface area (Å²) >= 11 is 1.59. The molecule has 0 unspecified atom stereocenters. The average Bonchev–Trinajstić information content (AvgIpc) is 2.96. The van der Waals surface area contributed by atoms with E-state index in [-0.39, 0.29) is 11.7 Å². The third-order valence-corrected chi connectivity index (χ3v) is 5.81. The molecule has 6 heteroatoms. The molecule has 0 saturated carbocycles. The quantitative estimate of drug-likeness (QED) is 0.696. The molecule has 4 nitrogen and oxygen atoms in total. The monoisotopic (exact) mass is 401 g/mol. The lowest BCUT2D eigenvalue weighted by Crippen LogP contribution is -2.28. The van der Waals surface area contributed by atoms with Crippen LogP contribution in [0.15, 0.2) is 35.4 Å². The molecule has 1 amide bonds. The van der Waals surface area contributed by atoms with E-state index in [1.165, 1.54) is 37.8 Å². The number of amides is 1. The number of benzene rings is 1. The Balaban J connectivity index is 1.81. The van der Waals surface area contributed by atoms with Gasteiger partial charge in [-0.2, -0.15) is 0 Å². The number of nitrogens with one attached hydrogen (secondary N) is 1. The van der Waals surface area contributed by atoms with Crippen LogP contribution in [0.25, 0.3) is 0 Å². The first-order valence-electron chi connectivity index (χ1n) is 10.0. The standard InChI is InChI=1S/C22H28FN3OS/c1-3-28-22-20(21(27)24-15-17-9-8-10-18(23)14-17)16(2)13-19(25-22)26-11-6-4-5-7-12-26/h8-10,13-14H,3-7,11-12,15H2,1-2H3,(H,24,27). The molecule has 0 aliphatic carbocycles. The van der Waals surface area contributed by atoms with Crippen LogP contribution in [0.3, 0.4) is 0 Å². The maximum absolute atomic E-state index is 13.4. The topological polar surface area (TPSA) is 45.2 Å². The van der Waals surface area contributed by atoms with Crippen molar-refractivity contribution >= 4 is 23.5 Å². The highest BCUT2D eigenvalue weighted by Gasteiger charge is 2.20. The Hall–Kier alpha value is -2.08. The number of carbonyl (C=O) groups is 1. The number of carbonyl (C=O) groups excluding carboxylic acids is 1. The van der Waals surface area contributed by atoms with Gasteiger partial charge < -0.3 is 10.2 Å². The van der Waals surface area contributed by atoms with Gasteiger partial charge in [0.2, 0.25) is 0 Å². The molecule has 1 aliphatic heterocycles. The van der Waals surface area contributed by atoms with Crippen LogP contribution < -0.4 is 10.2 Å². The minimum atomic E-state index is -0.298. The Kier molecular flexibility index (Phi) is 7.31. The third kappa shape index (κ3) is 5.25. The fraction of sp³-hybridized carbons (Fsp3) is 0.455. The van der Waals surface area contributed by atoms with Crippen molar-refractivity contribution in [3.05, 3.63) is 52.8 Å². The maximum Gasteiger partial charge on any atom is 0.254 e. The van der Waals surface area contributed by atoms with Gasteiger partial charge in [0.1, 0.15) is 16.7 Å². The number of nitrogens with zero attached hydrogens (tertiary/aromatic N) is 2.